The number of carboxylic acid groups (broad SMARTS) is 1. The van der Waals surface area contributed by atoms with Gasteiger partial charge in [0.2, 0.25) is 0 Å². The lowest BCUT2D eigenvalue weighted by Gasteiger charge is -2.07. The standard InChI is InChI=1S/C15H12O5/c1-20-10-7-5-9(6-8-10)14(17)11-3-2-4-12(16)13(11)15(18)19/h2-8,16H,1H3,(H,18,19). The molecule has 0 aliphatic heterocycles. The van der Waals surface area contributed by atoms with Crippen molar-refractivity contribution in [2.24, 2.45) is 0 Å². The molecule has 0 aliphatic rings. The quantitative estimate of drug-likeness (QED) is 0.834. The Balaban J connectivity index is 2.47. The van der Waals surface area contributed by atoms with Gasteiger partial charge in [0.25, 0.3) is 0 Å². The maximum atomic E-state index is 12.3. The molecule has 0 heterocycles. The Hall–Kier alpha value is -2.82. The first-order chi connectivity index (χ1) is 9.54. The maximum Gasteiger partial charge on any atom is 0.340 e. The summed E-state index contributed by atoms with van der Waals surface area (Å²) in [5.41, 5.74) is -0.130. The molecule has 0 aromatic heterocycles. The zero-order valence-corrected chi connectivity index (χ0v) is 10.7. The fourth-order valence-corrected chi connectivity index (χ4v) is 1.85. The van der Waals surface area contributed by atoms with E-state index in [1.165, 1.54) is 37.4 Å². The molecule has 0 unspecified atom stereocenters. The summed E-state index contributed by atoms with van der Waals surface area (Å²) in [6, 6.07) is 10.3. The van der Waals surface area contributed by atoms with Gasteiger partial charge >= 0.3 is 5.97 Å². The second-order valence-electron chi connectivity index (χ2n) is 4.06. The molecule has 0 saturated heterocycles. The molecule has 102 valence electrons. The van der Waals surface area contributed by atoms with Gasteiger partial charge in [-0.1, -0.05) is 6.07 Å². The number of phenols is 1. The number of methoxy groups -OCH3 is 1. The molecule has 2 N–H and O–H groups in total. The second-order valence-corrected chi connectivity index (χ2v) is 4.06. The first-order valence-corrected chi connectivity index (χ1v) is 5.78. The van der Waals surface area contributed by atoms with Crippen LogP contribution in [0.25, 0.3) is 0 Å². The van der Waals surface area contributed by atoms with Crippen molar-refractivity contribution in [2.75, 3.05) is 7.11 Å². The third-order valence-corrected chi connectivity index (χ3v) is 2.85. The largest absolute Gasteiger partial charge is 0.507 e. The molecule has 5 heteroatoms. The van der Waals surface area contributed by atoms with Gasteiger partial charge in [0.15, 0.2) is 5.78 Å². The normalized spacial score (nSPS) is 10.1. The average molecular weight is 272 g/mol. The van der Waals surface area contributed by atoms with Gasteiger partial charge in [0, 0.05) is 11.1 Å². The molecule has 0 aliphatic carbocycles. The molecule has 5 nitrogen and oxygen atoms in total. The third-order valence-electron chi connectivity index (χ3n) is 2.85. The van der Waals surface area contributed by atoms with Gasteiger partial charge < -0.3 is 14.9 Å². The Morgan fingerprint density at radius 1 is 1.05 bits per heavy atom. The van der Waals surface area contributed by atoms with E-state index < -0.39 is 23.1 Å². The lowest BCUT2D eigenvalue weighted by atomic mass is 9.97. The Bertz CT molecular complexity index is 658. The van der Waals surface area contributed by atoms with E-state index in [1.54, 1.807) is 12.1 Å². The Morgan fingerprint density at radius 3 is 2.25 bits per heavy atom. The van der Waals surface area contributed by atoms with Gasteiger partial charge in [-0.2, -0.15) is 0 Å². The first kappa shape index (κ1) is 13.6. The molecule has 2 rings (SSSR count). The molecule has 0 bridgehead atoms. The molecule has 20 heavy (non-hydrogen) atoms. The summed E-state index contributed by atoms with van der Waals surface area (Å²) in [5, 5.41) is 18.7. The molecule has 2 aromatic carbocycles. The summed E-state index contributed by atoms with van der Waals surface area (Å²) >= 11 is 0. The Morgan fingerprint density at radius 2 is 1.70 bits per heavy atom. The molecule has 0 saturated carbocycles. The van der Waals surface area contributed by atoms with E-state index in [2.05, 4.69) is 0 Å². The zero-order chi connectivity index (χ0) is 14.7. The van der Waals surface area contributed by atoms with Crippen molar-refractivity contribution in [3.05, 3.63) is 59.2 Å². The predicted molar refractivity (Wildman–Crippen MR) is 71.5 cm³/mol. The number of ketones is 1. The molecule has 2 aromatic rings. The molecule has 0 amide bonds. The van der Waals surface area contributed by atoms with Crippen molar-refractivity contribution in [3.8, 4) is 11.5 Å². The van der Waals surface area contributed by atoms with Crippen molar-refractivity contribution in [1.82, 2.24) is 0 Å². The van der Waals surface area contributed by atoms with Crippen molar-refractivity contribution < 1.29 is 24.5 Å². The first-order valence-electron chi connectivity index (χ1n) is 5.78. The highest BCUT2D eigenvalue weighted by atomic mass is 16.5. The number of ether oxygens (including phenoxy) is 1. The predicted octanol–water partition coefficient (Wildman–Crippen LogP) is 2.33. The fourth-order valence-electron chi connectivity index (χ4n) is 1.85. The number of hydrogen-bond donors (Lipinski definition) is 2. The minimum atomic E-state index is -1.35. The van der Waals surface area contributed by atoms with E-state index >= 15 is 0 Å². The zero-order valence-electron chi connectivity index (χ0n) is 10.7. The average Bonchev–Trinajstić information content (AvgIpc) is 2.46. The van der Waals surface area contributed by atoms with E-state index in [9.17, 15) is 14.7 Å². The number of aromatic carboxylic acids is 1. The van der Waals surface area contributed by atoms with Crippen LogP contribution in [0.5, 0.6) is 11.5 Å². The minimum absolute atomic E-state index is 0.0531. The number of carbonyl (C=O) groups excluding carboxylic acids is 1. The number of rotatable bonds is 4. The van der Waals surface area contributed by atoms with Crippen LogP contribution in [0.4, 0.5) is 0 Å². The minimum Gasteiger partial charge on any atom is -0.507 e. The maximum absolute atomic E-state index is 12.3. The summed E-state index contributed by atoms with van der Waals surface area (Å²) in [7, 11) is 1.51. The van der Waals surface area contributed by atoms with Gasteiger partial charge in [-0.15, -0.1) is 0 Å². The van der Waals surface area contributed by atoms with Crippen LogP contribution in [0.15, 0.2) is 42.5 Å². The monoisotopic (exact) mass is 272 g/mol. The highest BCUT2D eigenvalue weighted by molar-refractivity contribution is 6.15. The SMILES string of the molecule is COc1ccc(C(=O)c2cccc(O)c2C(=O)O)cc1. The van der Waals surface area contributed by atoms with E-state index in [0.717, 1.165) is 0 Å². The van der Waals surface area contributed by atoms with Crippen LogP contribution >= 0.6 is 0 Å². The lowest BCUT2D eigenvalue weighted by molar-refractivity contribution is 0.0689. The summed E-state index contributed by atoms with van der Waals surface area (Å²) in [4.78, 5) is 23.5. The van der Waals surface area contributed by atoms with Crippen LogP contribution in [0, 0.1) is 0 Å². The molecular formula is C15H12O5. The summed E-state index contributed by atoms with van der Waals surface area (Å²) in [6.07, 6.45) is 0. The highest BCUT2D eigenvalue weighted by Gasteiger charge is 2.21. The van der Waals surface area contributed by atoms with Crippen LogP contribution < -0.4 is 4.74 Å². The van der Waals surface area contributed by atoms with Crippen LogP contribution in [0.3, 0.4) is 0 Å². The second kappa shape index (κ2) is 5.44. The van der Waals surface area contributed by atoms with Crippen molar-refractivity contribution in [1.29, 1.82) is 0 Å². The molecule has 0 radical (unpaired) electrons. The lowest BCUT2D eigenvalue weighted by Crippen LogP contribution is -2.09. The Kier molecular flexibility index (Phi) is 3.70. The molecule has 0 atom stereocenters. The third kappa shape index (κ3) is 2.47. The van der Waals surface area contributed by atoms with Crippen LogP contribution in [-0.2, 0) is 0 Å². The summed E-state index contributed by atoms with van der Waals surface area (Å²) < 4.78 is 4.99. The highest BCUT2D eigenvalue weighted by Crippen LogP contribution is 2.24. The number of carboxylic acids is 1. The van der Waals surface area contributed by atoms with Crippen molar-refractivity contribution in [3.63, 3.8) is 0 Å². The number of carbonyl (C=O) groups is 2. The van der Waals surface area contributed by atoms with E-state index in [4.69, 9.17) is 9.84 Å². The van der Waals surface area contributed by atoms with Crippen LogP contribution in [0.2, 0.25) is 0 Å². The number of hydrogen-bond acceptors (Lipinski definition) is 4. The van der Waals surface area contributed by atoms with Gasteiger partial charge in [0.1, 0.15) is 17.1 Å². The smallest absolute Gasteiger partial charge is 0.340 e. The van der Waals surface area contributed by atoms with E-state index in [0.29, 0.717) is 11.3 Å². The van der Waals surface area contributed by atoms with Gasteiger partial charge in [0.05, 0.1) is 7.11 Å². The van der Waals surface area contributed by atoms with E-state index in [1.807, 2.05) is 0 Å². The van der Waals surface area contributed by atoms with Crippen LogP contribution in [-0.4, -0.2) is 29.1 Å². The number of aromatic hydroxyl groups is 1. The molecule has 0 fully saturated rings. The summed E-state index contributed by atoms with van der Waals surface area (Å²) in [5.74, 6) is -1.66. The van der Waals surface area contributed by atoms with E-state index in [-0.39, 0.29) is 5.56 Å². The Labute approximate surface area is 115 Å². The van der Waals surface area contributed by atoms with Gasteiger partial charge in [-0.05, 0) is 36.4 Å². The fraction of sp³-hybridized carbons (Fsp3) is 0.0667. The van der Waals surface area contributed by atoms with Gasteiger partial charge in [-0.3, -0.25) is 4.79 Å². The van der Waals surface area contributed by atoms with Crippen molar-refractivity contribution >= 4 is 11.8 Å². The summed E-state index contributed by atoms with van der Waals surface area (Å²) in [6.45, 7) is 0. The van der Waals surface area contributed by atoms with Gasteiger partial charge in [-0.25, -0.2) is 4.79 Å². The topological polar surface area (TPSA) is 83.8 Å². The van der Waals surface area contributed by atoms with Crippen LogP contribution in [0.1, 0.15) is 26.3 Å². The molecular weight excluding hydrogens is 260 g/mol. The number of benzene rings is 2. The van der Waals surface area contributed by atoms with Crippen molar-refractivity contribution in [2.45, 2.75) is 0 Å². The molecule has 0 spiro atoms.